The van der Waals surface area contributed by atoms with Crippen molar-refractivity contribution in [2.75, 3.05) is 11.1 Å². The third kappa shape index (κ3) is 2.38. The molecule has 1 aromatic rings. The number of anilines is 2. The van der Waals surface area contributed by atoms with E-state index >= 15 is 0 Å². The summed E-state index contributed by atoms with van der Waals surface area (Å²) in [5.74, 6) is -2.03. The van der Waals surface area contributed by atoms with Crippen molar-refractivity contribution in [3.8, 4) is 0 Å². The van der Waals surface area contributed by atoms with Gasteiger partial charge in [0, 0.05) is 0 Å². The highest BCUT2D eigenvalue weighted by Crippen LogP contribution is 2.21. The molecule has 0 unspecified atom stereocenters. The van der Waals surface area contributed by atoms with E-state index in [0.717, 1.165) is 0 Å². The maximum absolute atomic E-state index is 11.8. The average Bonchev–Trinajstić information content (AvgIpc) is 2.07. The van der Waals surface area contributed by atoms with E-state index in [9.17, 15) is 18.0 Å². The fraction of sp³-hybridized carbons (Fsp3) is 0.125. The number of halogens is 3. The maximum Gasteiger partial charge on any atom is 0.471 e. The number of benzene rings is 1. The number of nitrogen functional groups attached to an aromatic ring is 1. The Balaban J connectivity index is 2.80. The van der Waals surface area contributed by atoms with Gasteiger partial charge in [-0.3, -0.25) is 4.79 Å². The van der Waals surface area contributed by atoms with Crippen molar-refractivity contribution in [2.45, 2.75) is 6.18 Å². The predicted octanol–water partition coefficient (Wildman–Crippen LogP) is 1.77. The minimum atomic E-state index is -4.90. The Bertz CT molecular complexity index is 349. The highest BCUT2D eigenvalue weighted by Gasteiger charge is 2.38. The molecular formula is C8H7F3N2O. The molecule has 0 saturated heterocycles. The van der Waals surface area contributed by atoms with E-state index in [1.807, 2.05) is 0 Å². The molecule has 0 aliphatic carbocycles. The summed E-state index contributed by atoms with van der Waals surface area (Å²) in [5, 5.41) is 1.66. The fourth-order valence-corrected chi connectivity index (χ4v) is 0.804. The molecule has 0 heterocycles. The number of rotatable bonds is 1. The van der Waals surface area contributed by atoms with Crippen LogP contribution in [-0.4, -0.2) is 12.1 Å². The molecule has 0 bridgehead atoms. The quantitative estimate of drug-likeness (QED) is 0.685. The predicted molar refractivity (Wildman–Crippen MR) is 45.5 cm³/mol. The van der Waals surface area contributed by atoms with Gasteiger partial charge in [-0.1, -0.05) is 12.1 Å². The molecule has 0 atom stereocenters. The van der Waals surface area contributed by atoms with E-state index < -0.39 is 12.1 Å². The minimum Gasteiger partial charge on any atom is -0.397 e. The summed E-state index contributed by atoms with van der Waals surface area (Å²) < 4.78 is 35.4. The van der Waals surface area contributed by atoms with Crippen LogP contribution in [0.15, 0.2) is 24.3 Å². The Kier molecular flexibility index (Phi) is 2.64. The zero-order chi connectivity index (χ0) is 10.8. The van der Waals surface area contributed by atoms with Crippen molar-refractivity contribution in [3.05, 3.63) is 24.3 Å². The molecule has 14 heavy (non-hydrogen) atoms. The number of hydrogen-bond acceptors (Lipinski definition) is 2. The Hall–Kier alpha value is -1.72. The molecule has 1 rings (SSSR count). The summed E-state index contributed by atoms with van der Waals surface area (Å²) in [7, 11) is 0. The molecule has 1 amide bonds. The normalized spacial score (nSPS) is 11.1. The minimum absolute atomic E-state index is 0.0465. The summed E-state index contributed by atoms with van der Waals surface area (Å²) in [6.45, 7) is 0. The number of para-hydroxylation sites is 2. The molecule has 0 fully saturated rings. The maximum atomic E-state index is 11.8. The summed E-state index contributed by atoms with van der Waals surface area (Å²) in [5.41, 5.74) is 5.37. The molecule has 0 aromatic heterocycles. The number of hydrogen-bond donors (Lipinski definition) is 2. The molecular weight excluding hydrogens is 197 g/mol. The van der Waals surface area contributed by atoms with Crippen LogP contribution in [0.1, 0.15) is 0 Å². The topological polar surface area (TPSA) is 55.1 Å². The summed E-state index contributed by atoms with van der Waals surface area (Å²) in [4.78, 5) is 10.5. The monoisotopic (exact) mass is 204 g/mol. The van der Waals surface area contributed by atoms with Crippen LogP contribution >= 0.6 is 0 Å². The Morgan fingerprint density at radius 2 is 1.86 bits per heavy atom. The lowest BCUT2D eigenvalue weighted by atomic mass is 10.2. The van der Waals surface area contributed by atoms with Crippen LogP contribution in [0.5, 0.6) is 0 Å². The van der Waals surface area contributed by atoms with Crippen LogP contribution < -0.4 is 11.1 Å². The molecule has 0 aliphatic rings. The Morgan fingerprint density at radius 3 is 2.36 bits per heavy atom. The molecule has 1 aromatic carbocycles. The lowest BCUT2D eigenvalue weighted by Gasteiger charge is -2.09. The third-order valence-corrected chi connectivity index (χ3v) is 1.47. The van der Waals surface area contributed by atoms with Crippen LogP contribution in [0.4, 0.5) is 24.5 Å². The van der Waals surface area contributed by atoms with Crippen molar-refractivity contribution in [1.82, 2.24) is 0 Å². The van der Waals surface area contributed by atoms with E-state index in [1.54, 1.807) is 11.4 Å². The van der Waals surface area contributed by atoms with E-state index in [4.69, 9.17) is 5.73 Å². The van der Waals surface area contributed by atoms with Gasteiger partial charge in [0.05, 0.1) is 11.4 Å². The van der Waals surface area contributed by atoms with Gasteiger partial charge in [0.25, 0.3) is 0 Å². The molecule has 0 spiro atoms. The molecule has 3 N–H and O–H groups in total. The first-order valence-corrected chi connectivity index (χ1v) is 3.64. The van der Waals surface area contributed by atoms with Gasteiger partial charge in [0.1, 0.15) is 0 Å². The van der Waals surface area contributed by atoms with Gasteiger partial charge < -0.3 is 11.1 Å². The van der Waals surface area contributed by atoms with Crippen LogP contribution in [0, 0.1) is 0 Å². The molecule has 3 nitrogen and oxygen atoms in total. The number of amides is 1. The number of nitrogens with two attached hydrogens (primary N) is 1. The average molecular weight is 204 g/mol. The van der Waals surface area contributed by atoms with Gasteiger partial charge in [-0.05, 0) is 12.1 Å². The van der Waals surface area contributed by atoms with E-state index in [1.165, 1.54) is 18.2 Å². The Morgan fingerprint density at radius 1 is 1.29 bits per heavy atom. The zero-order valence-corrected chi connectivity index (χ0v) is 6.93. The van der Waals surface area contributed by atoms with Crippen LogP contribution in [0.3, 0.4) is 0 Å². The second kappa shape index (κ2) is 3.57. The summed E-state index contributed by atoms with van der Waals surface area (Å²) in [6, 6.07) is 5.71. The van der Waals surface area contributed by atoms with Crippen molar-refractivity contribution in [2.24, 2.45) is 0 Å². The van der Waals surface area contributed by atoms with Gasteiger partial charge in [-0.25, -0.2) is 0 Å². The molecule has 6 heteroatoms. The largest absolute Gasteiger partial charge is 0.471 e. The number of alkyl halides is 3. The van der Waals surface area contributed by atoms with E-state index in [-0.39, 0.29) is 11.4 Å². The fourth-order valence-electron chi connectivity index (χ4n) is 0.804. The SMILES string of the molecule is Nc1ccccc1NC(=O)C(F)(F)F. The molecule has 0 radical (unpaired) electrons. The summed E-state index contributed by atoms with van der Waals surface area (Å²) >= 11 is 0. The first-order valence-electron chi connectivity index (χ1n) is 3.64. The lowest BCUT2D eigenvalue weighted by molar-refractivity contribution is -0.167. The first-order chi connectivity index (χ1) is 6.41. The third-order valence-electron chi connectivity index (χ3n) is 1.47. The second-order valence-corrected chi connectivity index (χ2v) is 2.54. The number of nitrogens with one attached hydrogen (secondary N) is 1. The second-order valence-electron chi connectivity index (χ2n) is 2.54. The summed E-state index contributed by atoms with van der Waals surface area (Å²) in [6.07, 6.45) is -4.90. The molecule has 76 valence electrons. The number of carbonyl (C=O) groups excluding carboxylic acids is 1. The van der Waals surface area contributed by atoms with Crippen LogP contribution in [0.25, 0.3) is 0 Å². The van der Waals surface area contributed by atoms with Gasteiger partial charge in [0.15, 0.2) is 0 Å². The Labute approximate surface area is 77.7 Å². The van der Waals surface area contributed by atoms with Crippen molar-refractivity contribution in [1.29, 1.82) is 0 Å². The van der Waals surface area contributed by atoms with Gasteiger partial charge in [0.2, 0.25) is 0 Å². The number of carbonyl (C=O) groups is 1. The van der Waals surface area contributed by atoms with Crippen molar-refractivity contribution >= 4 is 17.3 Å². The highest BCUT2D eigenvalue weighted by molar-refractivity contribution is 5.97. The van der Waals surface area contributed by atoms with Crippen LogP contribution in [0.2, 0.25) is 0 Å². The lowest BCUT2D eigenvalue weighted by Crippen LogP contribution is -2.30. The first kappa shape index (κ1) is 10.4. The molecule has 0 aliphatic heterocycles. The highest BCUT2D eigenvalue weighted by atomic mass is 19.4. The van der Waals surface area contributed by atoms with Crippen LogP contribution in [-0.2, 0) is 4.79 Å². The standard InChI is InChI=1S/C8H7F3N2O/c9-8(10,11)7(14)13-6-4-2-1-3-5(6)12/h1-4H,12H2,(H,13,14). The van der Waals surface area contributed by atoms with Crippen molar-refractivity contribution in [3.63, 3.8) is 0 Å². The molecule has 0 saturated carbocycles. The smallest absolute Gasteiger partial charge is 0.397 e. The zero-order valence-electron chi connectivity index (χ0n) is 6.93. The van der Waals surface area contributed by atoms with Gasteiger partial charge in [-0.15, -0.1) is 0 Å². The van der Waals surface area contributed by atoms with E-state index in [0.29, 0.717) is 0 Å². The van der Waals surface area contributed by atoms with Gasteiger partial charge >= 0.3 is 12.1 Å². The van der Waals surface area contributed by atoms with E-state index in [2.05, 4.69) is 0 Å². The van der Waals surface area contributed by atoms with Gasteiger partial charge in [-0.2, -0.15) is 13.2 Å². The van der Waals surface area contributed by atoms with Crippen molar-refractivity contribution < 1.29 is 18.0 Å².